The van der Waals surface area contributed by atoms with E-state index in [1.807, 2.05) is 45.0 Å². The number of benzene rings is 1. The van der Waals surface area contributed by atoms with E-state index >= 15 is 0 Å². The molecule has 1 aromatic rings. The van der Waals surface area contributed by atoms with E-state index in [0.717, 1.165) is 22.5 Å². The number of amides is 1. The molecule has 126 valence electrons. The molecule has 0 radical (unpaired) electrons. The van der Waals surface area contributed by atoms with Gasteiger partial charge in [-0.15, -0.1) is 0 Å². The fourth-order valence-electron chi connectivity index (χ4n) is 2.45. The van der Waals surface area contributed by atoms with Gasteiger partial charge in [0.2, 0.25) is 11.7 Å². The fraction of sp³-hybridized carbons (Fsp3) is 0.316. The Labute approximate surface area is 142 Å². The number of aryl methyl sites for hydroxylation is 1. The summed E-state index contributed by atoms with van der Waals surface area (Å²) >= 11 is 0. The van der Waals surface area contributed by atoms with E-state index in [9.17, 15) is 9.59 Å². The van der Waals surface area contributed by atoms with E-state index in [-0.39, 0.29) is 17.4 Å². The number of aliphatic imine (C=N–C) groups is 1. The number of rotatable bonds is 3. The zero-order valence-corrected chi connectivity index (χ0v) is 15.0. The van der Waals surface area contributed by atoms with Gasteiger partial charge >= 0.3 is 0 Å². The number of Topliss-reactive ketones (excluding diaryl/α,β-unsaturated/α-hetero) is 1. The van der Waals surface area contributed by atoms with Crippen molar-refractivity contribution in [2.45, 2.75) is 27.7 Å². The molecule has 1 amide bonds. The summed E-state index contributed by atoms with van der Waals surface area (Å²) in [6.07, 6.45) is 1.64. The predicted molar refractivity (Wildman–Crippen MR) is 97.9 cm³/mol. The lowest BCUT2D eigenvalue weighted by molar-refractivity contribution is -0.120. The molecule has 0 saturated carbocycles. The van der Waals surface area contributed by atoms with E-state index < -0.39 is 0 Å². The molecule has 0 spiro atoms. The summed E-state index contributed by atoms with van der Waals surface area (Å²) in [5.74, 6) is -0.436. The van der Waals surface area contributed by atoms with Gasteiger partial charge in [-0.05, 0) is 56.2 Å². The lowest BCUT2D eigenvalue weighted by atomic mass is 9.94. The molecule has 0 bridgehead atoms. The third-order valence-corrected chi connectivity index (χ3v) is 4.06. The number of carbonyl (C=O) groups excluding carboxylic acids is 2. The third kappa shape index (κ3) is 3.62. The van der Waals surface area contributed by atoms with Crippen LogP contribution in [0.1, 0.15) is 26.3 Å². The first-order valence-corrected chi connectivity index (χ1v) is 7.79. The summed E-state index contributed by atoms with van der Waals surface area (Å²) < 4.78 is 0. The van der Waals surface area contributed by atoms with Crippen LogP contribution in [0.4, 0.5) is 11.4 Å². The molecule has 0 atom stereocenters. The molecule has 1 aliphatic rings. The van der Waals surface area contributed by atoms with Crippen molar-refractivity contribution in [2.75, 3.05) is 19.0 Å². The zero-order chi connectivity index (χ0) is 18.0. The number of carbonyl (C=O) groups is 2. The van der Waals surface area contributed by atoms with E-state index in [4.69, 9.17) is 4.99 Å². The second kappa shape index (κ2) is 6.83. The molecule has 0 aromatic heterocycles. The van der Waals surface area contributed by atoms with Crippen molar-refractivity contribution in [1.82, 2.24) is 5.32 Å². The first kappa shape index (κ1) is 17.7. The Morgan fingerprint density at radius 2 is 1.79 bits per heavy atom. The number of hydrogen-bond acceptors (Lipinski definition) is 4. The number of nitrogens with zero attached hydrogens (tertiary/aromatic N) is 2. The number of anilines is 1. The molecule has 1 aliphatic carbocycles. The predicted octanol–water partition coefficient (Wildman–Crippen LogP) is 3.07. The molecule has 0 aliphatic heterocycles. The molecule has 1 aromatic carbocycles. The van der Waals surface area contributed by atoms with Gasteiger partial charge in [-0.25, -0.2) is 4.99 Å². The number of hydrogen-bond donors (Lipinski definition) is 1. The molecule has 5 nitrogen and oxygen atoms in total. The highest BCUT2D eigenvalue weighted by Crippen LogP contribution is 2.27. The van der Waals surface area contributed by atoms with Gasteiger partial charge in [0.1, 0.15) is 0 Å². The van der Waals surface area contributed by atoms with Crippen LogP contribution < -0.4 is 10.2 Å². The number of nitrogens with one attached hydrogen (secondary N) is 1. The van der Waals surface area contributed by atoms with Gasteiger partial charge in [-0.2, -0.15) is 0 Å². The van der Waals surface area contributed by atoms with Crippen LogP contribution >= 0.6 is 0 Å². The Hall–Kier alpha value is -2.69. The lowest BCUT2D eigenvalue weighted by Crippen LogP contribution is -2.29. The first-order chi connectivity index (χ1) is 11.2. The second-order valence-electron chi connectivity index (χ2n) is 6.18. The standard InChI is InChI=1S/C19H23N3O2/c1-11-9-15(22(5)6)7-8-16(11)21-17-10-18(20-14(4)23)19(24)13(3)12(17)2/h7-10H,1-6H3,(H,20,23). The highest BCUT2D eigenvalue weighted by molar-refractivity contribution is 6.25. The SMILES string of the molecule is CC(=O)NC1=CC(=Nc2ccc(N(C)C)cc2C)C(C)=C(C)C1=O. The average Bonchev–Trinajstić information content (AvgIpc) is 2.51. The van der Waals surface area contributed by atoms with Crippen molar-refractivity contribution in [2.24, 2.45) is 4.99 Å². The maximum atomic E-state index is 12.3. The Morgan fingerprint density at radius 1 is 1.12 bits per heavy atom. The van der Waals surface area contributed by atoms with Crippen LogP contribution in [0.15, 0.2) is 46.1 Å². The quantitative estimate of drug-likeness (QED) is 0.869. The lowest BCUT2D eigenvalue weighted by Gasteiger charge is -2.18. The Morgan fingerprint density at radius 3 is 2.33 bits per heavy atom. The first-order valence-electron chi connectivity index (χ1n) is 7.79. The zero-order valence-electron chi connectivity index (χ0n) is 15.0. The molecule has 0 saturated heterocycles. The van der Waals surface area contributed by atoms with Crippen LogP contribution in [0.2, 0.25) is 0 Å². The molecule has 2 rings (SSSR count). The van der Waals surface area contributed by atoms with Gasteiger partial charge in [0.25, 0.3) is 0 Å². The van der Waals surface area contributed by atoms with Crippen LogP contribution in [-0.4, -0.2) is 31.5 Å². The smallest absolute Gasteiger partial charge is 0.221 e. The largest absolute Gasteiger partial charge is 0.378 e. The summed E-state index contributed by atoms with van der Waals surface area (Å²) in [4.78, 5) is 30.3. The maximum Gasteiger partial charge on any atom is 0.221 e. The van der Waals surface area contributed by atoms with Crippen LogP contribution in [0.5, 0.6) is 0 Å². The Kier molecular flexibility index (Phi) is 5.02. The topological polar surface area (TPSA) is 61.8 Å². The molecule has 24 heavy (non-hydrogen) atoms. The summed E-state index contributed by atoms with van der Waals surface area (Å²) in [5, 5.41) is 2.59. The Balaban J connectivity index is 2.48. The van der Waals surface area contributed by atoms with Gasteiger partial charge in [0.05, 0.1) is 17.1 Å². The van der Waals surface area contributed by atoms with E-state index in [1.165, 1.54) is 6.92 Å². The summed E-state index contributed by atoms with van der Waals surface area (Å²) in [7, 11) is 3.98. The summed E-state index contributed by atoms with van der Waals surface area (Å²) in [5.41, 5.74) is 5.38. The minimum atomic E-state index is -0.271. The van der Waals surface area contributed by atoms with Crippen LogP contribution in [0.3, 0.4) is 0 Å². The molecular formula is C19H23N3O2. The van der Waals surface area contributed by atoms with Gasteiger partial charge in [0, 0.05) is 32.3 Å². The third-order valence-electron chi connectivity index (χ3n) is 4.06. The van der Waals surface area contributed by atoms with Gasteiger partial charge in [0.15, 0.2) is 0 Å². The van der Waals surface area contributed by atoms with Crippen molar-refractivity contribution in [3.63, 3.8) is 0 Å². The van der Waals surface area contributed by atoms with Gasteiger partial charge in [-0.1, -0.05) is 0 Å². The van der Waals surface area contributed by atoms with Crippen molar-refractivity contribution in [3.8, 4) is 0 Å². The maximum absolute atomic E-state index is 12.3. The van der Waals surface area contributed by atoms with Gasteiger partial charge in [-0.3, -0.25) is 9.59 Å². The highest BCUT2D eigenvalue weighted by Gasteiger charge is 2.22. The van der Waals surface area contributed by atoms with Crippen molar-refractivity contribution >= 4 is 28.8 Å². The van der Waals surface area contributed by atoms with Crippen molar-refractivity contribution in [1.29, 1.82) is 0 Å². The minimum Gasteiger partial charge on any atom is -0.378 e. The highest BCUT2D eigenvalue weighted by atomic mass is 16.2. The molecule has 0 heterocycles. The summed E-state index contributed by atoms with van der Waals surface area (Å²) in [6, 6.07) is 6.03. The van der Waals surface area contributed by atoms with Crippen molar-refractivity contribution < 1.29 is 9.59 Å². The molecular weight excluding hydrogens is 302 g/mol. The van der Waals surface area contributed by atoms with E-state index in [0.29, 0.717) is 11.3 Å². The summed E-state index contributed by atoms with van der Waals surface area (Å²) in [6.45, 7) is 7.01. The fourth-order valence-corrected chi connectivity index (χ4v) is 2.45. The molecule has 5 heteroatoms. The van der Waals surface area contributed by atoms with Crippen molar-refractivity contribution in [3.05, 3.63) is 46.7 Å². The average molecular weight is 325 g/mol. The monoisotopic (exact) mass is 325 g/mol. The molecule has 0 unspecified atom stereocenters. The van der Waals surface area contributed by atoms with Crippen LogP contribution in [0, 0.1) is 6.92 Å². The van der Waals surface area contributed by atoms with E-state index in [2.05, 4.69) is 11.4 Å². The minimum absolute atomic E-state index is 0.165. The van der Waals surface area contributed by atoms with Gasteiger partial charge < -0.3 is 10.2 Å². The second-order valence-corrected chi connectivity index (χ2v) is 6.18. The Bertz CT molecular complexity index is 799. The normalized spacial score (nSPS) is 16.3. The molecule has 0 fully saturated rings. The van der Waals surface area contributed by atoms with Crippen LogP contribution in [-0.2, 0) is 9.59 Å². The number of ketones is 1. The number of allylic oxidation sites excluding steroid dienone is 3. The molecule has 1 N–H and O–H groups in total. The van der Waals surface area contributed by atoms with E-state index in [1.54, 1.807) is 13.0 Å². The van der Waals surface area contributed by atoms with Crippen LogP contribution in [0.25, 0.3) is 0 Å².